The Morgan fingerprint density at radius 2 is 2.16 bits per heavy atom. The zero-order valence-electron chi connectivity index (χ0n) is 10.7. The van der Waals surface area contributed by atoms with Crippen LogP contribution in [0.1, 0.15) is 11.3 Å². The summed E-state index contributed by atoms with van der Waals surface area (Å²) in [5, 5.41) is 7.60. The number of aromatic nitrogens is 4. The van der Waals surface area contributed by atoms with Crippen LogP contribution in [-0.2, 0) is 6.42 Å². The second kappa shape index (κ2) is 5.06. The number of anilines is 1. The highest BCUT2D eigenvalue weighted by molar-refractivity contribution is 5.51. The van der Waals surface area contributed by atoms with E-state index >= 15 is 0 Å². The predicted molar refractivity (Wildman–Crippen MR) is 74.2 cm³/mol. The van der Waals surface area contributed by atoms with Crippen LogP contribution in [0.3, 0.4) is 0 Å². The fraction of sp³-hybridized carbons (Fsp3) is 0.214. The molecule has 96 valence electrons. The molecule has 0 aromatic carbocycles. The highest BCUT2D eigenvalue weighted by Gasteiger charge is 2.03. The summed E-state index contributed by atoms with van der Waals surface area (Å²) in [6.45, 7) is 2.87. The number of hydrogen-bond acceptors (Lipinski definition) is 4. The minimum Gasteiger partial charge on any atom is -0.370 e. The molecule has 5 heteroatoms. The molecule has 0 radical (unpaired) electrons. The highest BCUT2D eigenvalue weighted by atomic mass is 15.3. The molecule has 5 nitrogen and oxygen atoms in total. The van der Waals surface area contributed by atoms with Gasteiger partial charge in [0.15, 0.2) is 5.65 Å². The molecule has 3 aromatic heterocycles. The summed E-state index contributed by atoms with van der Waals surface area (Å²) in [5.74, 6) is 0.962. The quantitative estimate of drug-likeness (QED) is 0.773. The topological polar surface area (TPSA) is 55.1 Å². The van der Waals surface area contributed by atoms with Crippen LogP contribution in [0.2, 0.25) is 0 Å². The first kappa shape index (κ1) is 11.6. The van der Waals surface area contributed by atoms with Gasteiger partial charge in [0.05, 0.1) is 0 Å². The summed E-state index contributed by atoms with van der Waals surface area (Å²) in [6, 6.07) is 10.0. The van der Waals surface area contributed by atoms with Crippen LogP contribution in [0, 0.1) is 6.92 Å². The molecule has 0 atom stereocenters. The van der Waals surface area contributed by atoms with E-state index in [0.29, 0.717) is 0 Å². The Bertz CT molecular complexity index is 675. The third-order valence-electron chi connectivity index (χ3n) is 2.94. The first-order chi connectivity index (χ1) is 9.33. The Hall–Kier alpha value is -2.43. The average Bonchev–Trinajstić information content (AvgIpc) is 2.88. The third kappa shape index (κ3) is 2.54. The van der Waals surface area contributed by atoms with Gasteiger partial charge in [-0.15, -0.1) is 0 Å². The maximum absolute atomic E-state index is 4.31. The van der Waals surface area contributed by atoms with Gasteiger partial charge in [0.1, 0.15) is 12.1 Å². The van der Waals surface area contributed by atoms with Crippen molar-refractivity contribution in [1.82, 2.24) is 19.6 Å². The monoisotopic (exact) mass is 253 g/mol. The van der Waals surface area contributed by atoms with Crippen molar-refractivity contribution in [2.24, 2.45) is 0 Å². The number of nitrogens with one attached hydrogen (secondary N) is 1. The Morgan fingerprint density at radius 1 is 1.21 bits per heavy atom. The Kier molecular flexibility index (Phi) is 3.10. The van der Waals surface area contributed by atoms with Crippen molar-refractivity contribution < 1.29 is 0 Å². The number of rotatable bonds is 4. The van der Waals surface area contributed by atoms with Crippen LogP contribution >= 0.6 is 0 Å². The van der Waals surface area contributed by atoms with Gasteiger partial charge in [0, 0.05) is 24.9 Å². The number of hydrogen-bond donors (Lipinski definition) is 1. The van der Waals surface area contributed by atoms with Gasteiger partial charge in [-0.3, -0.25) is 4.98 Å². The van der Waals surface area contributed by atoms with E-state index in [0.717, 1.165) is 30.1 Å². The number of pyridine rings is 2. The van der Waals surface area contributed by atoms with Crippen LogP contribution in [0.25, 0.3) is 5.65 Å². The van der Waals surface area contributed by atoms with Gasteiger partial charge in [-0.05, 0) is 36.8 Å². The summed E-state index contributed by atoms with van der Waals surface area (Å²) >= 11 is 0. The van der Waals surface area contributed by atoms with Gasteiger partial charge in [0.2, 0.25) is 0 Å². The van der Waals surface area contributed by atoms with Gasteiger partial charge in [-0.25, -0.2) is 4.98 Å². The summed E-state index contributed by atoms with van der Waals surface area (Å²) in [7, 11) is 0. The van der Waals surface area contributed by atoms with Gasteiger partial charge < -0.3 is 5.32 Å². The third-order valence-corrected chi connectivity index (χ3v) is 2.94. The molecule has 0 bridgehead atoms. The van der Waals surface area contributed by atoms with E-state index in [2.05, 4.69) is 33.4 Å². The molecule has 0 aliphatic carbocycles. The molecule has 0 spiro atoms. The molecule has 3 aromatic rings. The lowest BCUT2D eigenvalue weighted by Gasteiger charge is -2.08. The highest BCUT2D eigenvalue weighted by Crippen LogP contribution is 2.13. The van der Waals surface area contributed by atoms with E-state index in [1.165, 1.54) is 5.56 Å². The molecular formula is C14H15N5. The van der Waals surface area contributed by atoms with Gasteiger partial charge >= 0.3 is 0 Å². The zero-order valence-corrected chi connectivity index (χ0v) is 10.7. The van der Waals surface area contributed by atoms with Crippen molar-refractivity contribution in [2.75, 3.05) is 11.9 Å². The summed E-state index contributed by atoms with van der Waals surface area (Å²) in [5.41, 5.74) is 3.11. The standard InChI is InChI=1S/C14H15N5/c1-11-8-13(19-14(9-11)17-10-18-19)16-7-5-12-4-2-3-6-15-12/h2-4,6,8-10,16H,5,7H2,1H3. The molecule has 0 fully saturated rings. The second-order valence-corrected chi connectivity index (χ2v) is 4.45. The van der Waals surface area contributed by atoms with E-state index in [4.69, 9.17) is 0 Å². The normalized spacial score (nSPS) is 10.8. The van der Waals surface area contributed by atoms with E-state index < -0.39 is 0 Å². The maximum Gasteiger partial charge on any atom is 0.157 e. The Balaban J connectivity index is 1.73. The minimum absolute atomic E-state index is 0.815. The van der Waals surface area contributed by atoms with E-state index in [-0.39, 0.29) is 0 Å². The molecule has 0 unspecified atom stereocenters. The molecule has 3 heterocycles. The fourth-order valence-electron chi connectivity index (χ4n) is 2.05. The fourth-order valence-corrected chi connectivity index (χ4v) is 2.05. The lowest BCUT2D eigenvalue weighted by atomic mass is 10.2. The van der Waals surface area contributed by atoms with E-state index in [9.17, 15) is 0 Å². The second-order valence-electron chi connectivity index (χ2n) is 4.45. The van der Waals surface area contributed by atoms with Crippen molar-refractivity contribution in [3.63, 3.8) is 0 Å². The maximum atomic E-state index is 4.31. The van der Waals surface area contributed by atoms with Crippen molar-refractivity contribution in [3.05, 3.63) is 54.1 Å². The van der Waals surface area contributed by atoms with Crippen LogP contribution < -0.4 is 5.32 Å². The van der Waals surface area contributed by atoms with Gasteiger partial charge in [-0.2, -0.15) is 9.61 Å². The largest absolute Gasteiger partial charge is 0.370 e. The Labute approximate surface area is 111 Å². The molecular weight excluding hydrogens is 238 g/mol. The lowest BCUT2D eigenvalue weighted by molar-refractivity contribution is 0.910. The van der Waals surface area contributed by atoms with E-state index in [1.54, 1.807) is 6.33 Å². The van der Waals surface area contributed by atoms with Crippen molar-refractivity contribution >= 4 is 11.5 Å². The first-order valence-corrected chi connectivity index (χ1v) is 6.27. The van der Waals surface area contributed by atoms with Gasteiger partial charge in [0.25, 0.3) is 0 Å². The van der Waals surface area contributed by atoms with Crippen molar-refractivity contribution in [1.29, 1.82) is 0 Å². The molecule has 0 saturated heterocycles. The van der Waals surface area contributed by atoms with Gasteiger partial charge in [-0.1, -0.05) is 6.07 Å². The summed E-state index contributed by atoms with van der Waals surface area (Å²) in [4.78, 5) is 8.51. The van der Waals surface area contributed by atoms with Crippen LogP contribution in [0.5, 0.6) is 0 Å². The molecule has 0 saturated carbocycles. The Morgan fingerprint density at radius 3 is 3.00 bits per heavy atom. The molecule has 1 N–H and O–H groups in total. The van der Waals surface area contributed by atoms with Crippen molar-refractivity contribution in [3.8, 4) is 0 Å². The molecule has 3 rings (SSSR count). The predicted octanol–water partition coefficient (Wildman–Crippen LogP) is 2.09. The molecule has 19 heavy (non-hydrogen) atoms. The first-order valence-electron chi connectivity index (χ1n) is 6.27. The summed E-state index contributed by atoms with van der Waals surface area (Å²) < 4.78 is 1.81. The zero-order chi connectivity index (χ0) is 13.1. The van der Waals surface area contributed by atoms with Crippen LogP contribution in [0.4, 0.5) is 5.82 Å². The molecule has 0 aliphatic rings. The lowest BCUT2D eigenvalue weighted by Crippen LogP contribution is -2.09. The summed E-state index contributed by atoms with van der Waals surface area (Å²) in [6.07, 6.45) is 4.27. The van der Waals surface area contributed by atoms with E-state index in [1.807, 2.05) is 35.0 Å². The minimum atomic E-state index is 0.815. The molecule has 0 aliphatic heterocycles. The van der Waals surface area contributed by atoms with Crippen LogP contribution in [0.15, 0.2) is 42.9 Å². The smallest absolute Gasteiger partial charge is 0.157 e. The number of aryl methyl sites for hydroxylation is 1. The number of nitrogens with zero attached hydrogens (tertiary/aromatic N) is 4. The average molecular weight is 253 g/mol. The number of fused-ring (bicyclic) bond motifs is 1. The van der Waals surface area contributed by atoms with Crippen LogP contribution in [-0.4, -0.2) is 26.1 Å². The molecule has 0 amide bonds. The SMILES string of the molecule is Cc1cc(NCCc2ccccn2)n2ncnc2c1. The van der Waals surface area contributed by atoms with Crippen molar-refractivity contribution in [2.45, 2.75) is 13.3 Å².